The molecule has 0 aliphatic rings. The number of unbranched alkanes of at least 4 members (excludes halogenated alkanes) is 22. The average molecular weight is 453 g/mol. The van der Waals surface area contributed by atoms with Gasteiger partial charge in [-0.15, -0.1) is 0 Å². The van der Waals surface area contributed by atoms with Crippen molar-refractivity contribution in [3.05, 3.63) is 11.8 Å². The van der Waals surface area contributed by atoms with Gasteiger partial charge >= 0.3 is 5.97 Å². The first-order valence-electron chi connectivity index (χ1n) is 14.3. The number of aliphatic hydroxyl groups excluding tert-OH is 1. The predicted octanol–water partition coefficient (Wildman–Crippen LogP) is 10.3. The van der Waals surface area contributed by atoms with Crippen LogP contribution in [0, 0.1) is 0 Å². The second-order valence-electron chi connectivity index (χ2n) is 9.80. The number of rotatable bonds is 26. The quantitative estimate of drug-likeness (QED) is 0.101. The van der Waals surface area contributed by atoms with E-state index in [0.717, 1.165) is 12.8 Å². The Balaban J connectivity index is 3.12. The Morgan fingerprint density at radius 3 is 1.12 bits per heavy atom. The van der Waals surface area contributed by atoms with Crippen LogP contribution in [0.1, 0.15) is 167 Å². The molecule has 0 rings (SSSR count). The highest BCUT2D eigenvalue weighted by molar-refractivity contribution is 5.66. The number of aliphatic hydroxyl groups is 1. The summed E-state index contributed by atoms with van der Waals surface area (Å²) in [6, 6.07) is 0. The minimum absolute atomic E-state index is 0.0156. The van der Waals surface area contributed by atoms with Crippen molar-refractivity contribution in [3.8, 4) is 0 Å². The summed E-state index contributed by atoms with van der Waals surface area (Å²) in [4.78, 5) is 10.4. The molecule has 0 spiro atoms. The van der Waals surface area contributed by atoms with Gasteiger partial charge in [-0.3, -0.25) is 4.79 Å². The van der Waals surface area contributed by atoms with Gasteiger partial charge in [0.15, 0.2) is 0 Å². The maximum absolute atomic E-state index is 10.4. The molecule has 3 nitrogen and oxygen atoms in total. The lowest BCUT2D eigenvalue weighted by molar-refractivity contribution is -0.137. The molecule has 0 fully saturated rings. The van der Waals surface area contributed by atoms with Crippen LogP contribution in [0.3, 0.4) is 0 Å². The first kappa shape index (κ1) is 31.0. The number of carbonyl (C=O) groups is 1. The van der Waals surface area contributed by atoms with Crippen molar-refractivity contribution in [1.82, 2.24) is 0 Å². The monoisotopic (exact) mass is 452 g/mol. The zero-order chi connectivity index (χ0) is 23.5. The second kappa shape index (κ2) is 26.3. The fourth-order valence-electron chi connectivity index (χ4n) is 4.36. The summed E-state index contributed by atoms with van der Waals surface area (Å²) >= 11 is 0. The Bertz CT molecular complexity index is 417. The Kier molecular flexibility index (Phi) is 25.5. The number of carboxylic acids is 1. The molecule has 0 radical (unpaired) electrons. The molecule has 0 unspecified atom stereocenters. The van der Waals surface area contributed by atoms with Crippen LogP contribution in [0.25, 0.3) is 0 Å². The lowest BCUT2D eigenvalue weighted by Gasteiger charge is -2.04. The summed E-state index contributed by atoms with van der Waals surface area (Å²) in [5.74, 6) is -0.620. The van der Waals surface area contributed by atoms with E-state index in [1.165, 1.54) is 135 Å². The van der Waals surface area contributed by atoms with E-state index in [-0.39, 0.29) is 18.6 Å². The van der Waals surface area contributed by atoms with Gasteiger partial charge in [-0.1, -0.05) is 142 Å². The molecule has 32 heavy (non-hydrogen) atoms. The fourth-order valence-corrected chi connectivity index (χ4v) is 4.36. The molecule has 0 saturated carbocycles. The van der Waals surface area contributed by atoms with Crippen LogP contribution in [-0.2, 0) is 4.79 Å². The van der Waals surface area contributed by atoms with Crippen molar-refractivity contribution < 1.29 is 15.0 Å². The molecule has 3 heteroatoms. The lowest BCUT2D eigenvalue weighted by atomic mass is 10.0. The van der Waals surface area contributed by atoms with Gasteiger partial charge in [-0.2, -0.15) is 0 Å². The molecule has 0 aliphatic carbocycles. The normalized spacial score (nSPS) is 11.8. The molecule has 2 N–H and O–H groups in total. The third-order valence-corrected chi connectivity index (χ3v) is 6.53. The average Bonchev–Trinajstić information content (AvgIpc) is 2.78. The van der Waals surface area contributed by atoms with Crippen molar-refractivity contribution >= 4 is 5.97 Å². The van der Waals surface area contributed by atoms with Gasteiger partial charge < -0.3 is 10.2 Å². The summed E-state index contributed by atoms with van der Waals surface area (Å²) in [5.41, 5.74) is 0. The van der Waals surface area contributed by atoms with E-state index in [1.807, 2.05) is 0 Å². The van der Waals surface area contributed by atoms with Crippen molar-refractivity contribution in [3.63, 3.8) is 0 Å². The van der Waals surface area contributed by atoms with Gasteiger partial charge in [-0.05, 0) is 18.9 Å². The minimum atomic E-state index is -0.853. The van der Waals surface area contributed by atoms with Crippen LogP contribution in [-0.4, -0.2) is 16.2 Å². The number of allylic oxidation sites excluding steroid dienone is 2. The molecule has 0 saturated heterocycles. The third-order valence-electron chi connectivity index (χ3n) is 6.53. The van der Waals surface area contributed by atoms with E-state index in [9.17, 15) is 9.90 Å². The Labute approximate surface area is 200 Å². The lowest BCUT2D eigenvalue weighted by Crippen LogP contribution is -1.95. The van der Waals surface area contributed by atoms with Crippen LogP contribution in [0.15, 0.2) is 11.8 Å². The van der Waals surface area contributed by atoms with Crippen molar-refractivity contribution in [2.24, 2.45) is 0 Å². The molecule has 0 aliphatic heterocycles. The van der Waals surface area contributed by atoms with Crippen LogP contribution in [0.2, 0.25) is 0 Å². The van der Waals surface area contributed by atoms with Crippen molar-refractivity contribution in [2.75, 3.05) is 0 Å². The van der Waals surface area contributed by atoms with Crippen LogP contribution in [0.4, 0.5) is 0 Å². The predicted molar refractivity (Wildman–Crippen MR) is 139 cm³/mol. The van der Waals surface area contributed by atoms with Crippen molar-refractivity contribution in [2.45, 2.75) is 167 Å². The summed E-state index contributed by atoms with van der Waals surface area (Å²) in [6.07, 6.45) is 33.6. The van der Waals surface area contributed by atoms with E-state index in [0.29, 0.717) is 0 Å². The number of hydrogen-bond acceptors (Lipinski definition) is 2. The fraction of sp³-hybridized carbons (Fsp3) is 0.897. The molecule has 0 atom stereocenters. The number of hydrogen-bond donors (Lipinski definition) is 2. The standard InChI is InChI=1S/C29H56O3/c1-2-3-4-5-6-7-8-9-10-11-12-13-14-15-16-17-18-19-20-21-22-23-24-25-28(30)26-27-29(31)32/h25,30H,2-24,26-27H2,1H3,(H,31,32). The van der Waals surface area contributed by atoms with Gasteiger partial charge in [0.25, 0.3) is 0 Å². The van der Waals surface area contributed by atoms with Gasteiger partial charge in [0.2, 0.25) is 0 Å². The SMILES string of the molecule is CCCCCCCCCCCCCCCCCCCCCCCCC=C(O)CCC(=O)O. The summed E-state index contributed by atoms with van der Waals surface area (Å²) in [6.45, 7) is 2.29. The highest BCUT2D eigenvalue weighted by atomic mass is 16.4. The van der Waals surface area contributed by atoms with E-state index < -0.39 is 5.97 Å². The second-order valence-corrected chi connectivity index (χ2v) is 9.80. The van der Waals surface area contributed by atoms with Crippen LogP contribution < -0.4 is 0 Å². The van der Waals surface area contributed by atoms with E-state index in [4.69, 9.17) is 5.11 Å². The van der Waals surface area contributed by atoms with Gasteiger partial charge in [0.05, 0.1) is 12.2 Å². The van der Waals surface area contributed by atoms with E-state index >= 15 is 0 Å². The maximum atomic E-state index is 10.4. The molecular weight excluding hydrogens is 396 g/mol. The first-order valence-corrected chi connectivity index (χ1v) is 14.3. The van der Waals surface area contributed by atoms with Crippen LogP contribution in [0.5, 0.6) is 0 Å². The zero-order valence-corrected chi connectivity index (χ0v) is 21.6. The van der Waals surface area contributed by atoms with Gasteiger partial charge in [0.1, 0.15) is 0 Å². The molecule has 0 aromatic carbocycles. The highest BCUT2D eigenvalue weighted by Gasteiger charge is 1.99. The Hall–Kier alpha value is -0.990. The minimum Gasteiger partial charge on any atom is -0.513 e. The highest BCUT2D eigenvalue weighted by Crippen LogP contribution is 2.15. The van der Waals surface area contributed by atoms with Crippen LogP contribution >= 0.6 is 0 Å². The van der Waals surface area contributed by atoms with Crippen molar-refractivity contribution in [1.29, 1.82) is 0 Å². The third kappa shape index (κ3) is 27.0. The van der Waals surface area contributed by atoms with E-state index in [1.54, 1.807) is 6.08 Å². The molecule has 0 heterocycles. The zero-order valence-electron chi connectivity index (χ0n) is 21.6. The van der Waals surface area contributed by atoms with Gasteiger partial charge in [-0.25, -0.2) is 0 Å². The Morgan fingerprint density at radius 1 is 0.500 bits per heavy atom. The Morgan fingerprint density at radius 2 is 0.812 bits per heavy atom. The number of aliphatic carboxylic acids is 1. The topological polar surface area (TPSA) is 57.5 Å². The summed E-state index contributed by atoms with van der Waals surface area (Å²) in [5, 5.41) is 18.1. The molecular formula is C29H56O3. The molecule has 0 bridgehead atoms. The first-order chi connectivity index (χ1) is 15.7. The maximum Gasteiger partial charge on any atom is 0.303 e. The van der Waals surface area contributed by atoms with Gasteiger partial charge in [0, 0.05) is 6.42 Å². The number of carboxylic acid groups (broad SMARTS) is 1. The summed E-state index contributed by atoms with van der Waals surface area (Å²) < 4.78 is 0. The smallest absolute Gasteiger partial charge is 0.303 e. The van der Waals surface area contributed by atoms with E-state index in [2.05, 4.69) is 6.92 Å². The molecule has 0 aromatic rings. The molecule has 0 amide bonds. The molecule has 0 aromatic heterocycles. The largest absolute Gasteiger partial charge is 0.513 e. The molecule has 190 valence electrons. The summed E-state index contributed by atoms with van der Waals surface area (Å²) in [7, 11) is 0.